The third-order valence-electron chi connectivity index (χ3n) is 2.42. The summed E-state index contributed by atoms with van der Waals surface area (Å²) >= 11 is 0. The monoisotopic (exact) mass is 209 g/mol. The maximum atomic E-state index is 9.44. The molecular formula is C9H15N5O. The molecule has 82 valence electrons. The number of aliphatic hydroxyl groups is 1. The van der Waals surface area contributed by atoms with Gasteiger partial charge in [-0.15, -0.1) is 5.10 Å². The molecule has 0 saturated heterocycles. The first-order valence-electron chi connectivity index (χ1n) is 5.13. The van der Waals surface area contributed by atoms with E-state index in [-0.39, 0.29) is 6.10 Å². The highest BCUT2D eigenvalue weighted by Gasteiger charge is 2.13. The van der Waals surface area contributed by atoms with Crippen LogP contribution in [0, 0.1) is 0 Å². The van der Waals surface area contributed by atoms with E-state index in [1.165, 1.54) is 0 Å². The molecule has 0 fully saturated rings. The van der Waals surface area contributed by atoms with Crippen LogP contribution in [0.4, 0.5) is 0 Å². The number of aliphatic hydroxyl groups excluding tert-OH is 1. The quantitative estimate of drug-likeness (QED) is 0.633. The summed E-state index contributed by atoms with van der Waals surface area (Å²) in [5.41, 5.74) is 1.14. The lowest BCUT2D eigenvalue weighted by atomic mass is 10.1. The Bertz CT molecular complexity index is 359. The lowest BCUT2D eigenvalue weighted by Crippen LogP contribution is -2.33. The van der Waals surface area contributed by atoms with E-state index in [0.29, 0.717) is 13.0 Å². The van der Waals surface area contributed by atoms with Crippen LogP contribution in [0.25, 0.3) is 0 Å². The molecule has 0 bridgehead atoms. The van der Waals surface area contributed by atoms with E-state index < -0.39 is 0 Å². The average Bonchev–Trinajstić information content (AvgIpc) is 2.65. The first-order valence-corrected chi connectivity index (χ1v) is 5.13. The normalized spacial score (nSPS) is 21.5. The minimum absolute atomic E-state index is 0.389. The summed E-state index contributed by atoms with van der Waals surface area (Å²) < 4.78 is 1.77. The third-order valence-corrected chi connectivity index (χ3v) is 2.42. The number of nitrogens with zero attached hydrogens (tertiary/aromatic N) is 4. The van der Waals surface area contributed by atoms with Gasteiger partial charge in [0, 0.05) is 26.1 Å². The molecule has 0 aliphatic carbocycles. The molecule has 1 aliphatic heterocycles. The Kier molecular flexibility index (Phi) is 3.08. The zero-order chi connectivity index (χ0) is 10.7. The van der Waals surface area contributed by atoms with Gasteiger partial charge in [0.1, 0.15) is 0 Å². The molecule has 6 heteroatoms. The van der Waals surface area contributed by atoms with Crippen LogP contribution in [0.1, 0.15) is 12.7 Å². The molecule has 2 rings (SSSR count). The van der Waals surface area contributed by atoms with Crippen molar-refractivity contribution in [2.75, 3.05) is 13.1 Å². The Hall–Kier alpha value is -1.27. The van der Waals surface area contributed by atoms with E-state index in [9.17, 15) is 5.11 Å². The number of tetrazole rings is 1. The molecular weight excluding hydrogens is 194 g/mol. The van der Waals surface area contributed by atoms with Crippen molar-refractivity contribution in [1.29, 1.82) is 0 Å². The number of aromatic nitrogens is 4. The summed E-state index contributed by atoms with van der Waals surface area (Å²) in [6, 6.07) is 0. The number of rotatable bonds is 3. The van der Waals surface area contributed by atoms with Crippen LogP contribution in [0.15, 0.2) is 11.6 Å². The van der Waals surface area contributed by atoms with Gasteiger partial charge in [0.05, 0.1) is 6.10 Å². The molecule has 1 aromatic heterocycles. The van der Waals surface area contributed by atoms with Crippen molar-refractivity contribution in [3.63, 3.8) is 0 Å². The van der Waals surface area contributed by atoms with Crippen molar-refractivity contribution in [2.24, 2.45) is 0 Å². The number of hydrogen-bond donors (Lipinski definition) is 2. The topological polar surface area (TPSA) is 75.9 Å². The number of nitrogens with one attached hydrogen (secondary N) is 1. The lowest BCUT2D eigenvalue weighted by Gasteiger charge is -2.17. The van der Waals surface area contributed by atoms with E-state index >= 15 is 0 Å². The fourth-order valence-corrected chi connectivity index (χ4v) is 1.69. The Morgan fingerprint density at radius 3 is 3.27 bits per heavy atom. The molecule has 2 N–H and O–H groups in total. The fourth-order valence-electron chi connectivity index (χ4n) is 1.69. The molecule has 1 unspecified atom stereocenters. The van der Waals surface area contributed by atoms with Crippen molar-refractivity contribution < 1.29 is 5.11 Å². The first kappa shape index (κ1) is 10.3. The number of β-amino-alcohol motifs (C(OH)–C–C–N with tert-alkyl or cyclic N) is 1. The third kappa shape index (κ3) is 2.40. The first-order chi connectivity index (χ1) is 7.29. The highest BCUT2D eigenvalue weighted by atomic mass is 16.3. The van der Waals surface area contributed by atoms with Crippen molar-refractivity contribution in [3.05, 3.63) is 17.5 Å². The zero-order valence-electron chi connectivity index (χ0n) is 8.72. The molecule has 1 aliphatic rings. The van der Waals surface area contributed by atoms with E-state index in [4.69, 9.17) is 0 Å². The molecule has 0 aromatic carbocycles. The second-order valence-corrected chi connectivity index (χ2v) is 3.61. The van der Waals surface area contributed by atoms with Gasteiger partial charge in [-0.05, 0) is 17.4 Å². The summed E-state index contributed by atoms with van der Waals surface area (Å²) in [4.78, 5) is 0. The van der Waals surface area contributed by atoms with Gasteiger partial charge >= 0.3 is 0 Å². The van der Waals surface area contributed by atoms with Crippen molar-refractivity contribution in [3.8, 4) is 0 Å². The van der Waals surface area contributed by atoms with Gasteiger partial charge in [-0.25, -0.2) is 4.68 Å². The second-order valence-electron chi connectivity index (χ2n) is 3.61. The van der Waals surface area contributed by atoms with Gasteiger partial charge in [-0.3, -0.25) is 0 Å². The number of aryl methyl sites for hydroxylation is 1. The van der Waals surface area contributed by atoms with E-state index in [1.807, 2.05) is 13.0 Å². The van der Waals surface area contributed by atoms with Crippen LogP contribution in [-0.2, 0) is 13.0 Å². The second kappa shape index (κ2) is 4.50. The minimum Gasteiger partial charge on any atom is -0.388 e. The van der Waals surface area contributed by atoms with E-state index in [2.05, 4.69) is 20.8 Å². The maximum absolute atomic E-state index is 9.44. The van der Waals surface area contributed by atoms with Crippen LogP contribution in [0.2, 0.25) is 0 Å². The largest absolute Gasteiger partial charge is 0.388 e. The van der Waals surface area contributed by atoms with E-state index in [0.717, 1.165) is 24.5 Å². The van der Waals surface area contributed by atoms with Gasteiger partial charge in [0.2, 0.25) is 0 Å². The lowest BCUT2D eigenvalue weighted by molar-refractivity contribution is 0.212. The van der Waals surface area contributed by atoms with Crippen LogP contribution < -0.4 is 5.32 Å². The molecule has 1 atom stereocenters. The summed E-state index contributed by atoms with van der Waals surface area (Å²) in [6.07, 6.45) is 2.19. The van der Waals surface area contributed by atoms with Crippen LogP contribution >= 0.6 is 0 Å². The standard InChI is InChI=1S/C9H15N5O/c1-2-14-9(11-12-13-14)4-7-3-8(15)6-10-5-7/h3,8,10,15H,2,4-6H2,1H3. The molecule has 2 heterocycles. The molecule has 0 amide bonds. The van der Waals surface area contributed by atoms with Crippen LogP contribution in [0.3, 0.4) is 0 Å². The predicted molar refractivity (Wildman–Crippen MR) is 54.2 cm³/mol. The minimum atomic E-state index is -0.389. The Morgan fingerprint density at radius 1 is 1.67 bits per heavy atom. The summed E-state index contributed by atoms with van der Waals surface area (Å²) in [5, 5.41) is 24.0. The maximum Gasteiger partial charge on any atom is 0.155 e. The van der Waals surface area contributed by atoms with Gasteiger partial charge in [0.15, 0.2) is 5.82 Å². The molecule has 0 radical (unpaired) electrons. The highest BCUT2D eigenvalue weighted by Crippen LogP contribution is 2.08. The smallest absolute Gasteiger partial charge is 0.155 e. The molecule has 15 heavy (non-hydrogen) atoms. The van der Waals surface area contributed by atoms with Crippen molar-refractivity contribution in [1.82, 2.24) is 25.5 Å². The highest BCUT2D eigenvalue weighted by molar-refractivity contribution is 5.15. The van der Waals surface area contributed by atoms with Crippen LogP contribution in [-0.4, -0.2) is 44.5 Å². The summed E-state index contributed by atoms with van der Waals surface area (Å²) in [5.74, 6) is 0.847. The van der Waals surface area contributed by atoms with Gasteiger partial charge in [0.25, 0.3) is 0 Å². The molecule has 0 saturated carbocycles. The predicted octanol–water partition coefficient (Wildman–Crippen LogP) is -0.874. The molecule has 1 aromatic rings. The van der Waals surface area contributed by atoms with Crippen LogP contribution in [0.5, 0.6) is 0 Å². The van der Waals surface area contributed by atoms with Crippen molar-refractivity contribution >= 4 is 0 Å². The van der Waals surface area contributed by atoms with Gasteiger partial charge in [-0.2, -0.15) is 0 Å². The molecule has 0 spiro atoms. The molecule has 6 nitrogen and oxygen atoms in total. The summed E-state index contributed by atoms with van der Waals surface area (Å²) in [7, 11) is 0. The van der Waals surface area contributed by atoms with E-state index in [1.54, 1.807) is 4.68 Å². The Balaban J connectivity index is 2.08. The number of hydrogen-bond acceptors (Lipinski definition) is 5. The van der Waals surface area contributed by atoms with Gasteiger partial charge < -0.3 is 10.4 Å². The summed E-state index contributed by atoms with van der Waals surface area (Å²) in [6.45, 7) is 4.20. The fraction of sp³-hybridized carbons (Fsp3) is 0.667. The Morgan fingerprint density at radius 2 is 2.53 bits per heavy atom. The average molecular weight is 209 g/mol. The zero-order valence-corrected chi connectivity index (χ0v) is 8.72. The van der Waals surface area contributed by atoms with Gasteiger partial charge in [-0.1, -0.05) is 11.6 Å². The van der Waals surface area contributed by atoms with Crippen molar-refractivity contribution in [2.45, 2.75) is 26.0 Å². The Labute approximate surface area is 88.0 Å². The SMILES string of the molecule is CCn1nnnc1CC1=CC(O)CNC1.